The first-order chi connectivity index (χ1) is 9.06. The van der Waals surface area contributed by atoms with E-state index in [0.29, 0.717) is 11.4 Å². The first-order valence-corrected chi connectivity index (χ1v) is 7.23. The lowest BCUT2D eigenvalue weighted by Gasteiger charge is -2.18. The van der Waals surface area contributed by atoms with Crippen molar-refractivity contribution in [1.29, 1.82) is 0 Å². The first-order valence-electron chi connectivity index (χ1n) is 6.12. The van der Waals surface area contributed by atoms with Crippen LogP contribution in [-0.2, 0) is 17.9 Å². The Morgan fingerprint density at radius 1 is 1.16 bits per heavy atom. The summed E-state index contributed by atoms with van der Waals surface area (Å²) in [7, 11) is 1.83. The van der Waals surface area contributed by atoms with Crippen molar-refractivity contribution in [1.82, 2.24) is 4.31 Å². The van der Waals surface area contributed by atoms with Gasteiger partial charge in [0.25, 0.3) is 0 Å². The van der Waals surface area contributed by atoms with Crippen molar-refractivity contribution in [2.45, 2.75) is 18.4 Å². The molecule has 0 spiro atoms. The molecule has 1 aliphatic heterocycles. The van der Waals surface area contributed by atoms with Crippen LogP contribution in [0.15, 0.2) is 41.3 Å². The molecule has 0 amide bonds. The van der Waals surface area contributed by atoms with Gasteiger partial charge in [-0.1, -0.05) is 23.8 Å². The molecule has 0 fully saturated rings. The highest BCUT2D eigenvalue weighted by Gasteiger charge is 2.29. The molecule has 1 heterocycles. The van der Waals surface area contributed by atoms with Crippen LogP contribution in [0.25, 0.3) is 11.1 Å². The Labute approximate surface area is 115 Å². The number of nitrogens with zero attached hydrogens (tertiary/aromatic N) is 1. The number of benzene rings is 2. The van der Waals surface area contributed by atoms with Gasteiger partial charge in [0, 0.05) is 18.7 Å². The molecule has 0 saturated heterocycles. The van der Waals surface area contributed by atoms with Crippen LogP contribution >= 0.6 is 0 Å². The smallest absolute Gasteiger partial charge is 0.185 e. The first kappa shape index (κ1) is 12.5. The molecule has 2 aromatic carbocycles. The Morgan fingerprint density at radius 3 is 2.68 bits per heavy atom. The number of aromatic hydroxyl groups is 1. The van der Waals surface area contributed by atoms with E-state index in [1.165, 1.54) is 11.1 Å². The molecule has 0 aliphatic carbocycles. The molecule has 4 heteroatoms. The third kappa shape index (κ3) is 2.12. The SMILES string of the molecule is Cc1ccc2c(c1)CN(C)[S@@+]([O-])c1cc(O)ccc1-2. The Bertz CT molecular complexity index is 642. The van der Waals surface area contributed by atoms with Crippen LogP contribution in [0.5, 0.6) is 5.75 Å². The number of fused-ring (bicyclic) bond motifs is 3. The van der Waals surface area contributed by atoms with Crippen LogP contribution < -0.4 is 0 Å². The van der Waals surface area contributed by atoms with Crippen LogP contribution in [0.1, 0.15) is 11.1 Å². The second kappa shape index (κ2) is 4.56. The predicted molar refractivity (Wildman–Crippen MR) is 76.2 cm³/mol. The van der Waals surface area contributed by atoms with E-state index >= 15 is 0 Å². The number of hydrogen-bond donors (Lipinski definition) is 1. The quantitative estimate of drug-likeness (QED) is 0.751. The lowest BCUT2D eigenvalue weighted by molar-refractivity contribution is 0.463. The molecular formula is C15H15NO2S. The van der Waals surface area contributed by atoms with Crippen molar-refractivity contribution in [2.24, 2.45) is 0 Å². The third-order valence-electron chi connectivity index (χ3n) is 3.38. The predicted octanol–water partition coefficient (Wildman–Crippen LogP) is 2.84. The molecule has 0 radical (unpaired) electrons. The average molecular weight is 273 g/mol. The Kier molecular flexibility index (Phi) is 3.01. The normalized spacial score (nSPS) is 18.6. The van der Waals surface area contributed by atoms with Gasteiger partial charge in [-0.05, 0) is 30.2 Å². The summed E-state index contributed by atoms with van der Waals surface area (Å²) in [6.45, 7) is 2.69. The van der Waals surface area contributed by atoms with Crippen molar-refractivity contribution in [2.75, 3.05) is 7.05 Å². The maximum atomic E-state index is 12.5. The molecule has 1 N–H and O–H groups in total. The Balaban J connectivity index is 2.29. The highest BCUT2D eigenvalue weighted by atomic mass is 32.2. The average Bonchev–Trinajstić information content (AvgIpc) is 2.47. The maximum absolute atomic E-state index is 12.5. The number of phenolic OH excluding ortho intramolecular Hbond substituents is 1. The highest BCUT2D eigenvalue weighted by Crippen LogP contribution is 2.37. The minimum absolute atomic E-state index is 0.149. The zero-order valence-electron chi connectivity index (χ0n) is 10.9. The van der Waals surface area contributed by atoms with Crippen molar-refractivity contribution in [3.05, 3.63) is 47.5 Å². The molecular weight excluding hydrogens is 258 g/mol. The summed E-state index contributed by atoms with van der Waals surface area (Å²) in [5, 5.41) is 9.62. The molecule has 0 saturated carbocycles. The van der Waals surface area contributed by atoms with E-state index < -0.39 is 11.4 Å². The van der Waals surface area contributed by atoms with Crippen molar-refractivity contribution < 1.29 is 9.66 Å². The molecule has 0 bridgehead atoms. The van der Waals surface area contributed by atoms with Gasteiger partial charge >= 0.3 is 0 Å². The topological polar surface area (TPSA) is 46.5 Å². The maximum Gasteiger partial charge on any atom is 0.185 e. The van der Waals surface area contributed by atoms with E-state index in [1.54, 1.807) is 16.4 Å². The van der Waals surface area contributed by atoms with Crippen LogP contribution in [-0.4, -0.2) is 21.0 Å². The number of hydrogen-bond acceptors (Lipinski definition) is 3. The van der Waals surface area contributed by atoms with Gasteiger partial charge in [-0.15, -0.1) is 4.31 Å². The van der Waals surface area contributed by atoms with E-state index in [0.717, 1.165) is 11.1 Å². The molecule has 2 aromatic rings. The molecule has 0 aromatic heterocycles. The summed E-state index contributed by atoms with van der Waals surface area (Å²) in [6.07, 6.45) is 0. The molecule has 98 valence electrons. The van der Waals surface area contributed by atoms with Crippen molar-refractivity contribution >= 4 is 11.4 Å². The molecule has 0 unspecified atom stereocenters. The van der Waals surface area contributed by atoms with Gasteiger partial charge in [0.15, 0.2) is 4.90 Å². The van der Waals surface area contributed by atoms with Gasteiger partial charge in [-0.25, -0.2) is 0 Å². The largest absolute Gasteiger partial charge is 0.593 e. The Morgan fingerprint density at radius 2 is 1.89 bits per heavy atom. The van der Waals surface area contributed by atoms with Gasteiger partial charge in [-0.3, -0.25) is 0 Å². The molecule has 3 rings (SSSR count). The molecule has 1 aliphatic rings. The van der Waals surface area contributed by atoms with Crippen LogP contribution in [0.4, 0.5) is 0 Å². The Hall–Kier alpha value is -1.49. The fraction of sp³-hybridized carbons (Fsp3) is 0.200. The summed E-state index contributed by atoms with van der Waals surface area (Å²) in [5.41, 5.74) is 4.40. The molecule has 3 nitrogen and oxygen atoms in total. The third-order valence-corrected chi connectivity index (χ3v) is 4.79. The van der Waals surface area contributed by atoms with E-state index in [-0.39, 0.29) is 5.75 Å². The second-order valence-corrected chi connectivity index (χ2v) is 6.44. The zero-order chi connectivity index (χ0) is 13.6. The number of rotatable bonds is 0. The molecule has 19 heavy (non-hydrogen) atoms. The summed E-state index contributed by atoms with van der Waals surface area (Å²) in [5.74, 6) is 0.149. The fourth-order valence-corrected chi connectivity index (χ4v) is 3.64. The van der Waals surface area contributed by atoms with Gasteiger partial charge in [0.1, 0.15) is 5.75 Å². The number of phenols is 1. The van der Waals surface area contributed by atoms with Gasteiger partial charge in [0.2, 0.25) is 0 Å². The van der Waals surface area contributed by atoms with E-state index in [4.69, 9.17) is 0 Å². The zero-order valence-corrected chi connectivity index (χ0v) is 11.7. The summed E-state index contributed by atoms with van der Waals surface area (Å²) in [4.78, 5) is 0.671. The van der Waals surface area contributed by atoms with E-state index in [9.17, 15) is 9.66 Å². The van der Waals surface area contributed by atoms with Crippen LogP contribution in [0.2, 0.25) is 0 Å². The minimum Gasteiger partial charge on any atom is -0.593 e. The lowest BCUT2D eigenvalue weighted by atomic mass is 9.97. The minimum atomic E-state index is -1.25. The van der Waals surface area contributed by atoms with E-state index in [2.05, 4.69) is 25.1 Å². The van der Waals surface area contributed by atoms with Gasteiger partial charge in [-0.2, -0.15) is 0 Å². The monoisotopic (exact) mass is 273 g/mol. The second-order valence-electron chi connectivity index (χ2n) is 4.88. The van der Waals surface area contributed by atoms with Crippen molar-refractivity contribution in [3.63, 3.8) is 0 Å². The number of aryl methyl sites for hydroxylation is 1. The highest BCUT2D eigenvalue weighted by molar-refractivity contribution is 7.89. The molecule has 1 atom stereocenters. The summed E-state index contributed by atoms with van der Waals surface area (Å²) < 4.78 is 14.3. The lowest BCUT2D eigenvalue weighted by Crippen LogP contribution is -2.25. The summed E-state index contributed by atoms with van der Waals surface area (Å²) in [6, 6.07) is 11.3. The fourth-order valence-electron chi connectivity index (χ4n) is 2.46. The van der Waals surface area contributed by atoms with Crippen LogP contribution in [0, 0.1) is 6.92 Å². The van der Waals surface area contributed by atoms with Crippen LogP contribution in [0.3, 0.4) is 0 Å². The summed E-state index contributed by atoms with van der Waals surface area (Å²) >= 11 is -1.25. The van der Waals surface area contributed by atoms with Crippen molar-refractivity contribution in [3.8, 4) is 16.9 Å². The van der Waals surface area contributed by atoms with Gasteiger partial charge in [0.05, 0.1) is 17.9 Å². The van der Waals surface area contributed by atoms with E-state index in [1.807, 2.05) is 13.1 Å². The van der Waals surface area contributed by atoms with Gasteiger partial charge < -0.3 is 9.66 Å². The standard InChI is InChI=1S/C15H15NO2S/c1-10-3-5-13-11(7-10)9-16(2)19(18)15-8-12(17)4-6-14(13)15/h3-8,17H,9H2,1-2H3/t19-/m0/s1.